The summed E-state index contributed by atoms with van der Waals surface area (Å²) in [7, 11) is 0. The molecule has 0 saturated carbocycles. The van der Waals surface area contributed by atoms with Crippen LogP contribution in [0.15, 0.2) is 52.3 Å². The van der Waals surface area contributed by atoms with Crippen LogP contribution >= 0.6 is 36.6 Å². The monoisotopic (exact) mass is 629 g/mol. The van der Waals surface area contributed by atoms with Gasteiger partial charge in [-0.05, 0) is 49.7 Å². The van der Waals surface area contributed by atoms with Gasteiger partial charge in [0.1, 0.15) is 6.61 Å². The van der Waals surface area contributed by atoms with Crippen LogP contribution in [-0.2, 0) is 15.7 Å². The molecule has 1 fully saturated rings. The van der Waals surface area contributed by atoms with E-state index in [1.807, 2.05) is 13.0 Å². The average Bonchev–Trinajstić information content (AvgIpc) is 2.97. The zero-order valence-electron chi connectivity index (χ0n) is 30.1. The van der Waals surface area contributed by atoms with Crippen molar-refractivity contribution in [3.63, 3.8) is 0 Å². The number of ether oxygens (including phenoxy) is 1. The Labute approximate surface area is 263 Å². The lowest BCUT2D eigenvalue weighted by atomic mass is 10.1. The van der Waals surface area contributed by atoms with Gasteiger partial charge in [0.2, 0.25) is 0 Å². The standard InChI is InChI=1S/C29H38F3N3O2S.2ClH/c1-2-3-4-5-11-28(36)37-21-20-34-18-16-33(17-19-34)14-8-15-35-24-9-6-7-10-26(24)38-27-13-12-23(22-25(27)35)29(30,31)32;;/h6-7,9-10,12-13,22H,2-5,8,11,14-21H2,1H3;2*1H/i16D2,17D2,18D2,19D2;;. The number of alkyl halides is 3. The minimum atomic E-state index is -4.59. The van der Waals surface area contributed by atoms with Crippen LogP contribution < -0.4 is 4.90 Å². The highest BCUT2D eigenvalue weighted by atomic mass is 35.5. The minimum absolute atomic E-state index is 0. The van der Waals surface area contributed by atoms with Gasteiger partial charge >= 0.3 is 12.1 Å². The summed E-state index contributed by atoms with van der Waals surface area (Å²) in [5.74, 6) is -0.552. The van der Waals surface area contributed by atoms with E-state index in [0.717, 1.165) is 36.3 Å². The first-order chi connectivity index (χ1) is 21.4. The van der Waals surface area contributed by atoms with Gasteiger partial charge < -0.3 is 14.5 Å². The fourth-order valence-electron chi connectivity index (χ4n) is 4.17. The molecule has 0 atom stereocenters. The van der Waals surface area contributed by atoms with E-state index in [2.05, 4.69) is 0 Å². The Morgan fingerprint density at radius 1 is 0.900 bits per heavy atom. The number of hydrogen-bond donors (Lipinski definition) is 0. The van der Waals surface area contributed by atoms with Crippen molar-refractivity contribution in [3.05, 3.63) is 48.0 Å². The van der Waals surface area contributed by atoms with E-state index >= 15 is 0 Å². The third-order valence-electron chi connectivity index (χ3n) is 6.17. The van der Waals surface area contributed by atoms with Gasteiger partial charge in [0.25, 0.3) is 0 Å². The normalized spacial score (nSPS) is 23.4. The Morgan fingerprint density at radius 3 is 2.27 bits per heavy atom. The van der Waals surface area contributed by atoms with E-state index in [4.69, 9.17) is 15.7 Å². The van der Waals surface area contributed by atoms with E-state index in [1.165, 1.54) is 17.8 Å². The maximum absolute atomic E-state index is 13.6. The Hall–Kier alpha value is -1.65. The van der Waals surface area contributed by atoms with Gasteiger partial charge in [0.15, 0.2) is 0 Å². The minimum Gasteiger partial charge on any atom is -0.464 e. The molecular weight excluding hydrogens is 582 g/mol. The molecule has 2 heterocycles. The van der Waals surface area contributed by atoms with Gasteiger partial charge in [-0.2, -0.15) is 13.2 Å². The highest BCUT2D eigenvalue weighted by Crippen LogP contribution is 2.49. The van der Waals surface area contributed by atoms with Crippen molar-refractivity contribution >= 4 is 53.9 Å². The van der Waals surface area contributed by atoms with Crippen molar-refractivity contribution in [1.29, 1.82) is 0 Å². The Morgan fingerprint density at radius 2 is 1.57 bits per heavy atom. The molecule has 5 nitrogen and oxygen atoms in total. The van der Waals surface area contributed by atoms with E-state index in [0.29, 0.717) is 26.8 Å². The van der Waals surface area contributed by atoms with Gasteiger partial charge in [-0.3, -0.25) is 9.69 Å². The molecule has 40 heavy (non-hydrogen) atoms. The number of rotatable bonds is 12. The number of halogens is 5. The highest BCUT2D eigenvalue weighted by molar-refractivity contribution is 7.99. The molecule has 0 unspecified atom stereocenters. The van der Waals surface area contributed by atoms with Gasteiger partial charge in [-0.15, -0.1) is 24.8 Å². The van der Waals surface area contributed by atoms with Crippen LogP contribution in [0.1, 0.15) is 62.0 Å². The van der Waals surface area contributed by atoms with Crippen molar-refractivity contribution in [2.75, 3.05) is 57.1 Å². The summed E-state index contributed by atoms with van der Waals surface area (Å²) in [5.41, 5.74) is 0.0456. The van der Waals surface area contributed by atoms with E-state index < -0.39 is 63.4 Å². The number of nitrogens with zero attached hydrogens (tertiary/aromatic N) is 3. The van der Waals surface area contributed by atoms with Gasteiger partial charge in [0.05, 0.1) is 16.9 Å². The summed E-state index contributed by atoms with van der Waals surface area (Å²) in [6.07, 6.45) is -1.11. The number of esters is 1. The molecule has 1 saturated heterocycles. The van der Waals surface area contributed by atoms with Crippen molar-refractivity contribution in [2.45, 2.75) is 61.4 Å². The predicted molar refractivity (Wildman–Crippen MR) is 161 cm³/mol. The molecule has 0 aromatic heterocycles. The van der Waals surface area contributed by atoms with Gasteiger partial charge in [-0.1, -0.05) is 50.1 Å². The maximum atomic E-state index is 13.6. The first-order valence-electron chi connectivity index (χ1n) is 16.8. The molecular formula is C29H40Cl2F3N3O2S. The fourth-order valence-corrected chi connectivity index (χ4v) is 5.25. The Balaban J connectivity index is 0.00000400. The zero-order chi connectivity index (χ0) is 34.1. The molecule has 0 spiro atoms. The van der Waals surface area contributed by atoms with Crippen LogP contribution in [0.3, 0.4) is 0 Å². The molecule has 0 radical (unpaired) electrons. The lowest BCUT2D eigenvalue weighted by Crippen LogP contribution is -2.47. The lowest BCUT2D eigenvalue weighted by Gasteiger charge is -2.36. The number of fused-ring (bicyclic) bond motifs is 2. The predicted octanol–water partition coefficient (Wildman–Crippen LogP) is 7.67. The Kier molecular flexibility index (Phi) is 9.97. The van der Waals surface area contributed by atoms with E-state index in [1.54, 1.807) is 23.1 Å². The summed E-state index contributed by atoms with van der Waals surface area (Å²) in [6.45, 7) is -11.7. The van der Waals surface area contributed by atoms with Crippen LogP contribution in [0.4, 0.5) is 24.5 Å². The molecule has 2 aliphatic heterocycles. The van der Waals surface area contributed by atoms with Crippen LogP contribution in [0, 0.1) is 0 Å². The number of hydrogen-bond acceptors (Lipinski definition) is 6. The summed E-state index contributed by atoms with van der Waals surface area (Å²) in [4.78, 5) is 16.0. The summed E-state index contributed by atoms with van der Waals surface area (Å²) in [5, 5.41) is 0. The third kappa shape index (κ3) is 9.72. The number of benzene rings is 2. The highest BCUT2D eigenvalue weighted by Gasteiger charge is 2.33. The second-order valence-corrected chi connectivity index (χ2v) is 10.1. The Bertz CT molecular complexity index is 1380. The number of piperazine rings is 1. The lowest BCUT2D eigenvalue weighted by molar-refractivity contribution is -0.144. The quantitative estimate of drug-likeness (QED) is 0.177. The van der Waals surface area contributed by atoms with Crippen LogP contribution in [-0.4, -0.2) is 68.0 Å². The first-order valence-corrected chi connectivity index (χ1v) is 13.7. The average molecular weight is 631 g/mol. The number of para-hydroxylation sites is 1. The van der Waals surface area contributed by atoms with Crippen molar-refractivity contribution < 1.29 is 33.7 Å². The van der Waals surface area contributed by atoms with Gasteiger partial charge in [-0.25, -0.2) is 0 Å². The topological polar surface area (TPSA) is 36.0 Å². The molecule has 11 heteroatoms. The SMILES string of the molecule is Cl.Cl.[2H]C1([2H])N(CCCN2c3ccccc3Sc3ccc(C(F)(F)F)cc32)C([2H])([2H])C([2H])([2H])N(CCOC(=O)CCCCCC)C1([2H])[2H]. The molecule has 0 amide bonds. The second kappa shape index (κ2) is 16.7. The third-order valence-corrected chi connectivity index (χ3v) is 7.30. The molecule has 2 aromatic rings. The van der Waals surface area contributed by atoms with Crippen LogP contribution in [0.2, 0.25) is 0 Å². The van der Waals surface area contributed by atoms with Crippen molar-refractivity contribution in [2.24, 2.45) is 0 Å². The molecule has 0 aliphatic carbocycles. The number of anilines is 2. The van der Waals surface area contributed by atoms with Crippen molar-refractivity contribution in [1.82, 2.24) is 9.80 Å². The smallest absolute Gasteiger partial charge is 0.416 e. The summed E-state index contributed by atoms with van der Waals surface area (Å²) >= 11 is 1.30. The van der Waals surface area contributed by atoms with Gasteiger partial charge in [0, 0.05) is 66.3 Å². The van der Waals surface area contributed by atoms with Crippen molar-refractivity contribution in [3.8, 4) is 0 Å². The maximum Gasteiger partial charge on any atom is 0.416 e. The largest absolute Gasteiger partial charge is 0.464 e. The molecule has 0 N–H and O–H groups in total. The van der Waals surface area contributed by atoms with E-state index in [-0.39, 0.29) is 49.9 Å². The summed E-state index contributed by atoms with van der Waals surface area (Å²) < 4.78 is 115. The van der Waals surface area contributed by atoms with Crippen LogP contribution in [0.5, 0.6) is 0 Å². The number of unbranched alkanes of at least 4 members (excludes halogenated alkanes) is 3. The number of carbonyl (C=O) groups is 1. The summed E-state index contributed by atoms with van der Waals surface area (Å²) in [6, 6.07) is 10.5. The van der Waals surface area contributed by atoms with Crippen LogP contribution in [0.25, 0.3) is 0 Å². The van der Waals surface area contributed by atoms with E-state index in [9.17, 15) is 18.0 Å². The molecule has 224 valence electrons. The number of carbonyl (C=O) groups excluding carboxylic acids is 1. The molecule has 2 aromatic carbocycles. The second-order valence-electron chi connectivity index (χ2n) is 9.04. The molecule has 4 rings (SSSR count). The fraction of sp³-hybridized carbons (Fsp3) is 0.552. The molecule has 0 bridgehead atoms. The zero-order valence-corrected chi connectivity index (χ0v) is 24.6. The first kappa shape index (κ1) is 23.9. The molecule has 2 aliphatic rings.